The first-order chi connectivity index (χ1) is 13.7. The third kappa shape index (κ3) is 5.59. The maximum absolute atomic E-state index is 5.54. The second kappa shape index (κ2) is 11.3. The van der Waals surface area contributed by atoms with Crippen LogP contribution in [0.15, 0.2) is 34.6 Å². The van der Waals surface area contributed by atoms with E-state index in [4.69, 9.17) is 14.2 Å². The molecule has 1 fully saturated rings. The Labute approximate surface area is 193 Å². The van der Waals surface area contributed by atoms with Crippen molar-refractivity contribution in [2.75, 3.05) is 59.5 Å². The molecule has 1 aliphatic rings. The Bertz CT molecular complexity index is 768. The zero-order chi connectivity index (χ0) is 19.9. The molecule has 1 saturated heterocycles. The van der Waals surface area contributed by atoms with Crippen molar-refractivity contribution in [2.24, 2.45) is 4.99 Å². The van der Waals surface area contributed by atoms with Crippen LogP contribution in [-0.4, -0.2) is 65.4 Å². The molecule has 2 aromatic rings. The second-order valence-electron chi connectivity index (χ2n) is 6.34. The fraction of sp³-hybridized carbons (Fsp3) is 0.450. The molecule has 1 aliphatic heterocycles. The molecule has 1 aromatic heterocycles. The fourth-order valence-corrected chi connectivity index (χ4v) is 4.13. The van der Waals surface area contributed by atoms with Crippen LogP contribution in [0.25, 0.3) is 0 Å². The van der Waals surface area contributed by atoms with Crippen molar-refractivity contribution < 1.29 is 14.2 Å². The highest BCUT2D eigenvalue weighted by Crippen LogP contribution is 2.34. The minimum atomic E-state index is 0. The van der Waals surface area contributed by atoms with Crippen molar-refractivity contribution in [3.05, 3.63) is 35.2 Å². The lowest BCUT2D eigenvalue weighted by atomic mass is 10.1. The van der Waals surface area contributed by atoms with Crippen molar-refractivity contribution in [3.8, 4) is 17.2 Å². The highest BCUT2D eigenvalue weighted by atomic mass is 127. The van der Waals surface area contributed by atoms with Crippen LogP contribution in [0.4, 0.5) is 5.00 Å². The van der Waals surface area contributed by atoms with E-state index in [0.29, 0.717) is 12.3 Å². The van der Waals surface area contributed by atoms with Gasteiger partial charge in [0.05, 0.1) is 38.4 Å². The Morgan fingerprint density at radius 1 is 1.07 bits per heavy atom. The fourth-order valence-electron chi connectivity index (χ4n) is 3.34. The van der Waals surface area contributed by atoms with Crippen LogP contribution < -0.4 is 24.4 Å². The van der Waals surface area contributed by atoms with Gasteiger partial charge in [-0.15, -0.1) is 35.3 Å². The topological polar surface area (TPSA) is 58.6 Å². The summed E-state index contributed by atoms with van der Waals surface area (Å²) in [5.41, 5.74) is 0.934. The second-order valence-corrected chi connectivity index (χ2v) is 7.26. The largest absolute Gasteiger partial charge is 0.496 e. The van der Waals surface area contributed by atoms with Gasteiger partial charge in [-0.2, -0.15) is 0 Å². The molecular formula is C20H29IN4O3S. The normalized spacial score (nSPS) is 14.3. The Morgan fingerprint density at radius 2 is 1.72 bits per heavy atom. The quantitative estimate of drug-likeness (QED) is 0.350. The molecule has 2 heterocycles. The van der Waals surface area contributed by atoms with Gasteiger partial charge < -0.3 is 29.3 Å². The van der Waals surface area contributed by atoms with E-state index in [1.165, 1.54) is 5.00 Å². The number of anilines is 1. The number of rotatable bonds is 6. The van der Waals surface area contributed by atoms with Crippen LogP contribution in [-0.2, 0) is 6.54 Å². The van der Waals surface area contributed by atoms with Crippen LogP contribution >= 0.6 is 35.3 Å². The van der Waals surface area contributed by atoms with Crippen LogP contribution in [0.2, 0.25) is 0 Å². The number of halogens is 1. The molecule has 29 heavy (non-hydrogen) atoms. The lowest BCUT2D eigenvalue weighted by Gasteiger charge is -2.37. The molecule has 160 valence electrons. The summed E-state index contributed by atoms with van der Waals surface area (Å²) in [5.74, 6) is 3.03. The van der Waals surface area contributed by atoms with Gasteiger partial charge >= 0.3 is 0 Å². The standard InChI is InChI=1S/C20H28N4O3S.HI/c1-21-20(24-9-7-23(8-10-24)19-6-5-11-28-19)22-14-16-17(26-3)12-15(25-2)13-18(16)27-4;/h5-6,11-13H,7-10,14H2,1-4H3,(H,21,22);1H. The van der Waals surface area contributed by atoms with Crippen LogP contribution in [0, 0.1) is 0 Å². The molecule has 1 aromatic carbocycles. The summed E-state index contributed by atoms with van der Waals surface area (Å²) in [5, 5.41) is 6.90. The van der Waals surface area contributed by atoms with Gasteiger partial charge in [-0.1, -0.05) is 0 Å². The van der Waals surface area contributed by atoms with Crippen molar-refractivity contribution in [3.63, 3.8) is 0 Å². The summed E-state index contributed by atoms with van der Waals surface area (Å²) in [6.45, 7) is 4.36. The number of aliphatic imine (C=N–C) groups is 1. The molecule has 0 spiro atoms. The number of hydrogen-bond donors (Lipinski definition) is 1. The average molecular weight is 532 g/mol. The zero-order valence-corrected chi connectivity index (χ0v) is 20.5. The number of piperazine rings is 1. The SMILES string of the molecule is CN=C(NCc1c(OC)cc(OC)cc1OC)N1CCN(c2cccs2)CC1.I. The van der Waals surface area contributed by atoms with E-state index in [1.54, 1.807) is 32.7 Å². The molecule has 0 unspecified atom stereocenters. The number of ether oxygens (including phenoxy) is 3. The third-order valence-corrected chi connectivity index (χ3v) is 5.78. The molecule has 9 heteroatoms. The van der Waals surface area contributed by atoms with Gasteiger partial charge in [0.25, 0.3) is 0 Å². The minimum Gasteiger partial charge on any atom is -0.496 e. The Kier molecular flexibility index (Phi) is 9.15. The number of nitrogens with one attached hydrogen (secondary N) is 1. The molecular weight excluding hydrogens is 503 g/mol. The van der Waals surface area contributed by atoms with E-state index >= 15 is 0 Å². The van der Waals surface area contributed by atoms with Crippen LogP contribution in [0.3, 0.4) is 0 Å². The van der Waals surface area contributed by atoms with E-state index in [2.05, 4.69) is 37.6 Å². The number of methoxy groups -OCH3 is 3. The maximum Gasteiger partial charge on any atom is 0.194 e. The first-order valence-corrected chi connectivity index (χ1v) is 10.1. The van der Waals surface area contributed by atoms with E-state index in [1.807, 2.05) is 19.2 Å². The molecule has 0 atom stereocenters. The molecule has 7 nitrogen and oxygen atoms in total. The smallest absolute Gasteiger partial charge is 0.194 e. The summed E-state index contributed by atoms with van der Waals surface area (Å²) in [4.78, 5) is 9.17. The summed E-state index contributed by atoms with van der Waals surface area (Å²) < 4.78 is 16.4. The first-order valence-electron chi connectivity index (χ1n) is 9.23. The van der Waals surface area contributed by atoms with Crippen molar-refractivity contribution >= 4 is 46.3 Å². The molecule has 0 aliphatic carbocycles. The monoisotopic (exact) mass is 532 g/mol. The van der Waals surface area contributed by atoms with Crippen molar-refractivity contribution in [2.45, 2.75) is 6.54 Å². The predicted octanol–water partition coefficient (Wildman–Crippen LogP) is 3.29. The van der Waals surface area contributed by atoms with Crippen LogP contribution in [0.5, 0.6) is 17.2 Å². The zero-order valence-electron chi connectivity index (χ0n) is 17.3. The van der Waals surface area contributed by atoms with Gasteiger partial charge in [-0.25, -0.2) is 0 Å². The van der Waals surface area contributed by atoms with Gasteiger partial charge in [-0.3, -0.25) is 4.99 Å². The number of benzene rings is 1. The molecule has 3 rings (SSSR count). The highest BCUT2D eigenvalue weighted by molar-refractivity contribution is 14.0. The van der Waals surface area contributed by atoms with Gasteiger partial charge in [0.15, 0.2) is 5.96 Å². The first kappa shape index (κ1) is 23.4. The van der Waals surface area contributed by atoms with Gasteiger partial charge in [-0.05, 0) is 17.5 Å². The highest BCUT2D eigenvalue weighted by Gasteiger charge is 2.21. The third-order valence-electron chi connectivity index (χ3n) is 4.85. The molecule has 0 amide bonds. The Balaban J connectivity index is 0.00000300. The van der Waals surface area contributed by atoms with Crippen molar-refractivity contribution in [1.82, 2.24) is 10.2 Å². The van der Waals surface area contributed by atoms with Crippen molar-refractivity contribution in [1.29, 1.82) is 0 Å². The minimum absolute atomic E-state index is 0. The predicted molar refractivity (Wildman–Crippen MR) is 130 cm³/mol. The maximum atomic E-state index is 5.54. The molecule has 0 bridgehead atoms. The molecule has 0 radical (unpaired) electrons. The van der Waals surface area contributed by atoms with E-state index in [0.717, 1.165) is 49.2 Å². The summed E-state index contributed by atoms with van der Waals surface area (Å²) >= 11 is 1.79. The number of thiophene rings is 1. The van der Waals surface area contributed by atoms with E-state index < -0.39 is 0 Å². The van der Waals surface area contributed by atoms with Gasteiger partial charge in [0.2, 0.25) is 0 Å². The summed E-state index contributed by atoms with van der Waals surface area (Å²) in [6, 6.07) is 8.00. The van der Waals surface area contributed by atoms with E-state index in [9.17, 15) is 0 Å². The van der Waals surface area contributed by atoms with E-state index in [-0.39, 0.29) is 24.0 Å². The van der Waals surface area contributed by atoms with Gasteiger partial charge in [0.1, 0.15) is 17.2 Å². The molecule has 0 saturated carbocycles. The summed E-state index contributed by atoms with van der Waals surface area (Å²) in [7, 11) is 6.74. The molecule has 1 N–H and O–H groups in total. The number of hydrogen-bond acceptors (Lipinski definition) is 6. The average Bonchev–Trinajstić information content (AvgIpc) is 3.29. The Hall–Kier alpha value is -1.88. The summed E-state index contributed by atoms with van der Waals surface area (Å²) in [6.07, 6.45) is 0. The number of nitrogens with zero attached hydrogens (tertiary/aromatic N) is 3. The Morgan fingerprint density at radius 3 is 2.21 bits per heavy atom. The number of guanidine groups is 1. The lowest BCUT2D eigenvalue weighted by molar-refractivity contribution is 0.362. The van der Waals surface area contributed by atoms with Crippen LogP contribution in [0.1, 0.15) is 5.56 Å². The lowest BCUT2D eigenvalue weighted by Crippen LogP contribution is -2.52. The van der Waals surface area contributed by atoms with Gasteiger partial charge in [0, 0.05) is 45.4 Å².